The zero-order chi connectivity index (χ0) is 17.5. The molecule has 0 aliphatic carbocycles. The van der Waals surface area contributed by atoms with Crippen molar-refractivity contribution in [2.45, 2.75) is 6.61 Å². The van der Waals surface area contributed by atoms with E-state index in [-0.39, 0.29) is 13.2 Å². The Morgan fingerprint density at radius 2 is 1.75 bits per heavy atom. The number of hydrogen-bond acceptors (Lipinski definition) is 5. The second-order valence-corrected chi connectivity index (χ2v) is 6.04. The van der Waals surface area contributed by atoms with Crippen LogP contribution >= 0.6 is 27.5 Å². The molecule has 0 aliphatic rings. The summed E-state index contributed by atoms with van der Waals surface area (Å²) < 4.78 is 21.7. The van der Waals surface area contributed by atoms with E-state index in [4.69, 9.17) is 30.5 Å². The van der Waals surface area contributed by atoms with E-state index in [1.165, 1.54) is 0 Å². The smallest absolute Gasteiger partial charge is 0.344 e. The summed E-state index contributed by atoms with van der Waals surface area (Å²) >= 11 is 9.31. The van der Waals surface area contributed by atoms with Crippen LogP contribution in [0, 0.1) is 0 Å². The van der Waals surface area contributed by atoms with Gasteiger partial charge in [-0.2, -0.15) is 0 Å². The standard InChI is InChI=1S/C17H16BrClO5/c1-21-15-5-3-11(7-16(15)22-2)9-24-17(20)10-23-14-6-4-12(18)8-13(14)19/h3-8H,9-10H2,1-2H3. The van der Waals surface area contributed by atoms with Crippen molar-refractivity contribution >= 4 is 33.5 Å². The highest BCUT2D eigenvalue weighted by Gasteiger charge is 2.09. The van der Waals surface area contributed by atoms with Crippen molar-refractivity contribution in [2.24, 2.45) is 0 Å². The summed E-state index contributed by atoms with van der Waals surface area (Å²) in [7, 11) is 3.10. The van der Waals surface area contributed by atoms with Crippen LogP contribution in [0.2, 0.25) is 5.02 Å². The highest BCUT2D eigenvalue weighted by atomic mass is 79.9. The van der Waals surface area contributed by atoms with Crippen molar-refractivity contribution in [1.29, 1.82) is 0 Å². The van der Waals surface area contributed by atoms with Gasteiger partial charge in [-0.1, -0.05) is 33.6 Å². The van der Waals surface area contributed by atoms with Gasteiger partial charge in [-0.25, -0.2) is 4.79 Å². The molecule has 24 heavy (non-hydrogen) atoms. The van der Waals surface area contributed by atoms with E-state index < -0.39 is 5.97 Å². The lowest BCUT2D eigenvalue weighted by Gasteiger charge is -2.11. The minimum absolute atomic E-state index is 0.108. The minimum atomic E-state index is -0.497. The normalized spacial score (nSPS) is 10.2. The maximum atomic E-state index is 11.8. The first-order valence-corrected chi connectivity index (χ1v) is 8.15. The lowest BCUT2D eigenvalue weighted by molar-refractivity contribution is -0.147. The lowest BCUT2D eigenvalue weighted by Crippen LogP contribution is -2.15. The van der Waals surface area contributed by atoms with E-state index in [1.807, 2.05) is 0 Å². The zero-order valence-electron chi connectivity index (χ0n) is 13.2. The third-order valence-corrected chi connectivity index (χ3v) is 3.88. The van der Waals surface area contributed by atoms with Crippen molar-refractivity contribution in [3.05, 3.63) is 51.5 Å². The fourth-order valence-corrected chi connectivity index (χ4v) is 2.63. The molecule has 0 radical (unpaired) electrons. The van der Waals surface area contributed by atoms with Crippen LogP contribution in [0.3, 0.4) is 0 Å². The van der Waals surface area contributed by atoms with E-state index in [0.29, 0.717) is 22.3 Å². The fourth-order valence-electron chi connectivity index (χ4n) is 1.90. The predicted octanol–water partition coefficient (Wildman–Crippen LogP) is 4.24. The molecule has 7 heteroatoms. The Bertz CT molecular complexity index is 720. The maximum absolute atomic E-state index is 11.8. The number of esters is 1. The number of hydrogen-bond donors (Lipinski definition) is 0. The van der Waals surface area contributed by atoms with Gasteiger partial charge in [0.25, 0.3) is 0 Å². The number of halogens is 2. The van der Waals surface area contributed by atoms with Gasteiger partial charge in [0.15, 0.2) is 18.1 Å². The van der Waals surface area contributed by atoms with E-state index in [1.54, 1.807) is 50.6 Å². The zero-order valence-corrected chi connectivity index (χ0v) is 15.5. The van der Waals surface area contributed by atoms with Gasteiger partial charge in [0, 0.05) is 4.47 Å². The molecule has 0 bridgehead atoms. The molecule has 0 saturated carbocycles. The number of rotatable bonds is 7. The van der Waals surface area contributed by atoms with E-state index >= 15 is 0 Å². The molecular formula is C17H16BrClO5. The first kappa shape index (κ1) is 18.4. The van der Waals surface area contributed by atoms with E-state index in [9.17, 15) is 4.79 Å². The van der Waals surface area contributed by atoms with Crippen molar-refractivity contribution in [3.8, 4) is 17.2 Å². The summed E-state index contributed by atoms with van der Waals surface area (Å²) in [6.07, 6.45) is 0. The van der Waals surface area contributed by atoms with Gasteiger partial charge in [0.2, 0.25) is 0 Å². The molecule has 5 nitrogen and oxygen atoms in total. The highest BCUT2D eigenvalue weighted by molar-refractivity contribution is 9.10. The molecule has 2 aromatic rings. The van der Waals surface area contributed by atoms with Crippen LogP contribution < -0.4 is 14.2 Å². The van der Waals surface area contributed by atoms with Gasteiger partial charge in [-0.05, 0) is 35.9 Å². The van der Waals surface area contributed by atoms with Crippen molar-refractivity contribution in [3.63, 3.8) is 0 Å². The molecule has 0 saturated heterocycles. The van der Waals surface area contributed by atoms with Gasteiger partial charge in [0.05, 0.1) is 19.2 Å². The predicted molar refractivity (Wildman–Crippen MR) is 94.0 cm³/mol. The number of carbonyl (C=O) groups is 1. The molecule has 0 heterocycles. The van der Waals surface area contributed by atoms with Crippen LogP contribution in [0.25, 0.3) is 0 Å². The van der Waals surface area contributed by atoms with Crippen LogP contribution in [-0.4, -0.2) is 26.8 Å². The monoisotopic (exact) mass is 414 g/mol. The highest BCUT2D eigenvalue weighted by Crippen LogP contribution is 2.28. The first-order valence-electron chi connectivity index (χ1n) is 6.98. The summed E-state index contributed by atoms with van der Waals surface area (Å²) in [5.74, 6) is 1.11. The maximum Gasteiger partial charge on any atom is 0.344 e. The minimum Gasteiger partial charge on any atom is -0.493 e. The molecule has 2 aromatic carbocycles. The third kappa shape index (κ3) is 5.04. The Morgan fingerprint density at radius 1 is 1.04 bits per heavy atom. The van der Waals surface area contributed by atoms with Crippen LogP contribution in [0.4, 0.5) is 0 Å². The van der Waals surface area contributed by atoms with Gasteiger partial charge in [-0.15, -0.1) is 0 Å². The van der Waals surface area contributed by atoms with Gasteiger partial charge >= 0.3 is 5.97 Å². The van der Waals surface area contributed by atoms with Crippen LogP contribution in [0.5, 0.6) is 17.2 Å². The summed E-state index contributed by atoms with van der Waals surface area (Å²) in [6.45, 7) is -0.120. The van der Waals surface area contributed by atoms with Gasteiger partial charge in [-0.3, -0.25) is 0 Å². The second kappa shape index (κ2) is 8.80. The van der Waals surface area contributed by atoms with Gasteiger partial charge in [0.1, 0.15) is 12.4 Å². The number of ether oxygens (including phenoxy) is 4. The SMILES string of the molecule is COc1ccc(COC(=O)COc2ccc(Br)cc2Cl)cc1OC. The Balaban J connectivity index is 1.87. The molecule has 0 aliphatic heterocycles. The molecule has 128 valence electrons. The molecule has 0 fully saturated rings. The Labute approximate surface area is 153 Å². The fraction of sp³-hybridized carbons (Fsp3) is 0.235. The summed E-state index contributed by atoms with van der Waals surface area (Å²) in [4.78, 5) is 11.8. The molecule has 0 atom stereocenters. The van der Waals surface area contributed by atoms with Crippen molar-refractivity contribution in [1.82, 2.24) is 0 Å². The number of methoxy groups -OCH3 is 2. The average molecular weight is 416 g/mol. The number of carbonyl (C=O) groups excluding carboxylic acids is 1. The van der Waals surface area contributed by atoms with E-state index in [2.05, 4.69) is 15.9 Å². The molecule has 0 amide bonds. The Morgan fingerprint density at radius 3 is 2.42 bits per heavy atom. The Hall–Kier alpha value is -1.92. The molecule has 0 spiro atoms. The topological polar surface area (TPSA) is 54.0 Å². The van der Waals surface area contributed by atoms with Gasteiger partial charge < -0.3 is 18.9 Å². The van der Waals surface area contributed by atoms with Crippen LogP contribution in [0.15, 0.2) is 40.9 Å². The van der Waals surface area contributed by atoms with Crippen LogP contribution in [0.1, 0.15) is 5.56 Å². The summed E-state index contributed by atoms with van der Waals surface area (Å²) in [6, 6.07) is 10.4. The molecule has 0 N–H and O–H groups in total. The number of benzene rings is 2. The van der Waals surface area contributed by atoms with Crippen molar-refractivity contribution in [2.75, 3.05) is 20.8 Å². The molecule has 2 rings (SSSR count). The van der Waals surface area contributed by atoms with E-state index in [0.717, 1.165) is 10.0 Å². The van der Waals surface area contributed by atoms with Crippen LogP contribution in [-0.2, 0) is 16.1 Å². The van der Waals surface area contributed by atoms with Crippen molar-refractivity contribution < 1.29 is 23.7 Å². The summed E-state index contributed by atoms with van der Waals surface area (Å²) in [5.41, 5.74) is 0.780. The lowest BCUT2D eigenvalue weighted by atomic mass is 10.2. The average Bonchev–Trinajstić information content (AvgIpc) is 2.58. The quantitative estimate of drug-likeness (QED) is 0.633. The Kier molecular flexibility index (Phi) is 6.75. The third-order valence-electron chi connectivity index (χ3n) is 3.09. The molecule has 0 unspecified atom stereocenters. The summed E-state index contributed by atoms with van der Waals surface area (Å²) in [5, 5.41) is 0.414. The second-order valence-electron chi connectivity index (χ2n) is 4.71. The molecule has 0 aromatic heterocycles. The first-order chi connectivity index (χ1) is 11.5. The molecular weight excluding hydrogens is 400 g/mol. The largest absolute Gasteiger partial charge is 0.493 e.